The number of methoxy groups -OCH3 is 1. The lowest BCUT2D eigenvalue weighted by Crippen LogP contribution is -2.53. The maximum atomic E-state index is 12.7. The first kappa shape index (κ1) is 20.9. The summed E-state index contributed by atoms with van der Waals surface area (Å²) in [6.45, 7) is 5.10. The zero-order valence-electron chi connectivity index (χ0n) is 16.8. The Morgan fingerprint density at radius 2 is 1.81 bits per heavy atom. The molecule has 6 heteroatoms. The van der Waals surface area contributed by atoms with Gasteiger partial charge in [0, 0.05) is 45.3 Å². The summed E-state index contributed by atoms with van der Waals surface area (Å²) in [5.41, 5.74) is -0.489. The second-order valence-electron chi connectivity index (χ2n) is 7.85. The molecular formula is C20H34N2O4. The molecule has 0 saturated carbocycles. The normalized spacial score (nSPS) is 27.5. The summed E-state index contributed by atoms with van der Waals surface area (Å²) in [7, 11) is 5.84. The second kappa shape index (κ2) is 9.51. The van der Waals surface area contributed by atoms with Gasteiger partial charge >= 0.3 is 5.97 Å². The first-order chi connectivity index (χ1) is 12.3. The van der Waals surface area contributed by atoms with Gasteiger partial charge in [-0.1, -0.05) is 0 Å². The highest BCUT2D eigenvalue weighted by Gasteiger charge is 2.40. The number of hydrogen-bond donors (Lipinski definition) is 0. The van der Waals surface area contributed by atoms with E-state index in [1.807, 2.05) is 6.08 Å². The fourth-order valence-electron chi connectivity index (χ4n) is 3.73. The molecule has 6 nitrogen and oxygen atoms in total. The monoisotopic (exact) mass is 366 g/mol. The number of likely N-dealkylation sites (tertiary alicyclic amines) is 1. The third-order valence-electron chi connectivity index (χ3n) is 5.60. The molecule has 0 bridgehead atoms. The van der Waals surface area contributed by atoms with Crippen LogP contribution in [0.15, 0.2) is 11.8 Å². The minimum atomic E-state index is -0.709. The largest absolute Gasteiger partial charge is 0.501 e. The molecule has 2 rings (SSSR count). The van der Waals surface area contributed by atoms with E-state index in [2.05, 4.69) is 23.9 Å². The highest BCUT2D eigenvalue weighted by atomic mass is 16.6. The average Bonchev–Trinajstić information content (AvgIpc) is 2.61. The molecule has 0 aromatic rings. The number of carbonyl (C=O) groups excluding carboxylic acids is 2. The maximum absolute atomic E-state index is 12.7. The van der Waals surface area contributed by atoms with Gasteiger partial charge in [0.05, 0.1) is 12.9 Å². The van der Waals surface area contributed by atoms with E-state index < -0.39 is 11.5 Å². The summed E-state index contributed by atoms with van der Waals surface area (Å²) in [6, 6.07) is 0. The standard InChI is InChI=1S/C20H34N2O4/c1-16-18(23)9-5-7-17(25-4)8-6-12-22(3)15-20(26-19(16)24)10-13-21(2)14-11-20/h7,16H,5-6,8-15H2,1-4H3. The Morgan fingerprint density at radius 1 is 1.12 bits per heavy atom. The van der Waals surface area contributed by atoms with Gasteiger partial charge in [0.25, 0.3) is 0 Å². The molecule has 1 fully saturated rings. The number of hydrogen-bond acceptors (Lipinski definition) is 6. The molecule has 2 heterocycles. The van der Waals surface area contributed by atoms with Crippen LogP contribution in [0.5, 0.6) is 0 Å². The number of allylic oxidation sites excluding steroid dienone is 2. The molecule has 1 saturated heterocycles. The van der Waals surface area contributed by atoms with Crippen LogP contribution in [0.4, 0.5) is 0 Å². The Bertz CT molecular complexity index is 524. The summed E-state index contributed by atoms with van der Waals surface area (Å²) >= 11 is 0. The number of Topliss-reactive ketones (excluding diaryl/α,β-unsaturated/α-hetero) is 1. The molecule has 0 aliphatic carbocycles. The van der Waals surface area contributed by atoms with Crippen molar-refractivity contribution in [3.05, 3.63) is 11.8 Å². The first-order valence-electron chi connectivity index (χ1n) is 9.71. The van der Waals surface area contributed by atoms with Gasteiger partial charge in [-0.05, 0) is 46.5 Å². The SMILES string of the molecule is COC1=CCCC(=O)C(C)C(=O)OC2(CCN(C)CC2)CN(C)CCC1. The van der Waals surface area contributed by atoms with Crippen molar-refractivity contribution in [2.75, 3.05) is 47.4 Å². The van der Waals surface area contributed by atoms with Gasteiger partial charge in [-0.3, -0.25) is 9.59 Å². The van der Waals surface area contributed by atoms with E-state index in [1.54, 1.807) is 14.0 Å². The van der Waals surface area contributed by atoms with E-state index in [0.717, 1.165) is 51.1 Å². The van der Waals surface area contributed by atoms with Crippen molar-refractivity contribution in [2.24, 2.45) is 5.92 Å². The number of nitrogens with zero attached hydrogens (tertiary/aromatic N) is 2. The average molecular weight is 367 g/mol. The summed E-state index contributed by atoms with van der Waals surface area (Å²) in [4.78, 5) is 29.5. The number of ether oxygens (including phenoxy) is 2. The fourth-order valence-corrected chi connectivity index (χ4v) is 3.73. The Kier molecular flexibility index (Phi) is 7.65. The molecule has 0 N–H and O–H groups in total. The molecule has 0 radical (unpaired) electrons. The molecule has 1 spiro atoms. The number of rotatable bonds is 1. The Balaban J connectivity index is 2.17. The van der Waals surface area contributed by atoms with E-state index in [-0.39, 0.29) is 11.8 Å². The van der Waals surface area contributed by atoms with Crippen LogP contribution in [-0.4, -0.2) is 74.5 Å². The van der Waals surface area contributed by atoms with Crippen molar-refractivity contribution in [3.8, 4) is 0 Å². The van der Waals surface area contributed by atoms with Gasteiger partial charge in [-0.25, -0.2) is 0 Å². The van der Waals surface area contributed by atoms with Crippen molar-refractivity contribution in [3.63, 3.8) is 0 Å². The van der Waals surface area contributed by atoms with E-state index in [1.165, 1.54) is 0 Å². The van der Waals surface area contributed by atoms with Crippen LogP contribution in [0.1, 0.15) is 45.4 Å². The van der Waals surface area contributed by atoms with E-state index in [0.29, 0.717) is 19.4 Å². The predicted molar refractivity (Wildman–Crippen MR) is 101 cm³/mol. The predicted octanol–water partition coefficient (Wildman–Crippen LogP) is 2.24. The molecule has 0 aromatic heterocycles. The van der Waals surface area contributed by atoms with Gasteiger partial charge in [0.15, 0.2) is 0 Å². The zero-order chi connectivity index (χ0) is 19.2. The van der Waals surface area contributed by atoms with E-state index in [9.17, 15) is 9.59 Å². The maximum Gasteiger partial charge on any atom is 0.316 e. The van der Waals surface area contributed by atoms with Crippen molar-refractivity contribution in [1.29, 1.82) is 0 Å². The first-order valence-corrected chi connectivity index (χ1v) is 9.71. The number of ketones is 1. The van der Waals surface area contributed by atoms with Gasteiger partial charge in [-0.2, -0.15) is 0 Å². The molecule has 2 aliphatic heterocycles. The summed E-state index contributed by atoms with van der Waals surface area (Å²) < 4.78 is 11.4. The molecule has 0 aromatic carbocycles. The summed E-state index contributed by atoms with van der Waals surface area (Å²) in [5, 5.41) is 0. The van der Waals surface area contributed by atoms with Gasteiger partial charge in [-0.15, -0.1) is 0 Å². The second-order valence-corrected chi connectivity index (χ2v) is 7.85. The van der Waals surface area contributed by atoms with Gasteiger partial charge < -0.3 is 19.3 Å². The van der Waals surface area contributed by atoms with Crippen molar-refractivity contribution < 1.29 is 19.1 Å². The molecule has 2 aliphatic rings. The number of piperidine rings is 1. The smallest absolute Gasteiger partial charge is 0.316 e. The van der Waals surface area contributed by atoms with Gasteiger partial charge in [0.2, 0.25) is 0 Å². The van der Waals surface area contributed by atoms with Crippen LogP contribution in [0.2, 0.25) is 0 Å². The lowest BCUT2D eigenvalue weighted by atomic mass is 9.90. The molecule has 1 unspecified atom stereocenters. The fraction of sp³-hybridized carbons (Fsp3) is 0.800. The summed E-state index contributed by atoms with van der Waals surface area (Å²) in [6.07, 6.45) is 6.38. The minimum Gasteiger partial charge on any atom is -0.501 e. The lowest BCUT2D eigenvalue weighted by molar-refractivity contribution is -0.172. The van der Waals surface area contributed by atoms with Crippen LogP contribution < -0.4 is 0 Å². The topological polar surface area (TPSA) is 59.1 Å². The van der Waals surface area contributed by atoms with Crippen LogP contribution in [0.3, 0.4) is 0 Å². The van der Waals surface area contributed by atoms with Crippen molar-refractivity contribution in [1.82, 2.24) is 9.80 Å². The zero-order valence-corrected chi connectivity index (χ0v) is 16.8. The van der Waals surface area contributed by atoms with Crippen molar-refractivity contribution >= 4 is 11.8 Å². The molecule has 0 amide bonds. The Hall–Kier alpha value is -1.40. The quantitative estimate of drug-likeness (QED) is 0.524. The minimum absolute atomic E-state index is 0.0600. The van der Waals surface area contributed by atoms with Crippen LogP contribution in [0, 0.1) is 5.92 Å². The number of likely N-dealkylation sites (N-methyl/N-ethyl adjacent to an activating group) is 1. The molecule has 148 valence electrons. The van der Waals surface area contributed by atoms with Gasteiger partial charge in [0.1, 0.15) is 17.3 Å². The van der Waals surface area contributed by atoms with Crippen molar-refractivity contribution in [2.45, 2.75) is 51.0 Å². The molecular weight excluding hydrogens is 332 g/mol. The van der Waals surface area contributed by atoms with Crippen LogP contribution in [-0.2, 0) is 19.1 Å². The lowest BCUT2D eigenvalue weighted by Gasteiger charge is -2.42. The Labute approximate surface area is 157 Å². The van der Waals surface area contributed by atoms with Crippen LogP contribution >= 0.6 is 0 Å². The molecule has 1 atom stereocenters. The highest BCUT2D eigenvalue weighted by Crippen LogP contribution is 2.29. The molecule has 26 heavy (non-hydrogen) atoms. The number of esters is 1. The van der Waals surface area contributed by atoms with Crippen LogP contribution in [0.25, 0.3) is 0 Å². The highest BCUT2D eigenvalue weighted by molar-refractivity contribution is 5.98. The van der Waals surface area contributed by atoms with E-state index in [4.69, 9.17) is 9.47 Å². The summed E-state index contributed by atoms with van der Waals surface area (Å²) in [5.74, 6) is -0.220. The third-order valence-corrected chi connectivity index (χ3v) is 5.60. The third kappa shape index (κ3) is 5.81. The van der Waals surface area contributed by atoms with E-state index >= 15 is 0 Å². The Morgan fingerprint density at radius 3 is 2.46 bits per heavy atom. The number of carbonyl (C=O) groups is 2.